The summed E-state index contributed by atoms with van der Waals surface area (Å²) in [6, 6.07) is 1.72. The van der Waals surface area contributed by atoms with Crippen LogP contribution in [0.15, 0.2) is 30.3 Å². The average molecular weight is 409 g/mol. The Balaban J connectivity index is 2.84. The second-order valence-electron chi connectivity index (χ2n) is 6.12. The first-order valence-corrected chi connectivity index (χ1v) is 7.78. The van der Waals surface area contributed by atoms with Crippen molar-refractivity contribution in [2.75, 3.05) is 0 Å². The van der Waals surface area contributed by atoms with Gasteiger partial charge < -0.3 is 10.8 Å². The van der Waals surface area contributed by atoms with Crippen molar-refractivity contribution in [3.8, 4) is 11.1 Å². The van der Waals surface area contributed by atoms with Crippen LogP contribution >= 0.6 is 0 Å². The summed E-state index contributed by atoms with van der Waals surface area (Å²) < 4.78 is 94.6. The number of hydrogen-bond acceptors (Lipinski definition) is 2. The highest BCUT2D eigenvalue weighted by atomic mass is 19.4. The average Bonchev–Trinajstić information content (AvgIpc) is 2.54. The van der Waals surface area contributed by atoms with E-state index < -0.39 is 64.4 Å². The van der Waals surface area contributed by atoms with Crippen LogP contribution in [-0.2, 0) is 17.1 Å². The molecule has 0 saturated carbocycles. The molecule has 0 bridgehead atoms. The summed E-state index contributed by atoms with van der Waals surface area (Å²) >= 11 is 0. The monoisotopic (exact) mass is 409 g/mol. The van der Waals surface area contributed by atoms with E-state index in [1.807, 2.05) is 0 Å². The number of aryl methyl sites for hydroxylation is 1. The van der Waals surface area contributed by atoms with E-state index in [1.165, 1.54) is 0 Å². The molecule has 0 radical (unpaired) electrons. The van der Waals surface area contributed by atoms with Crippen molar-refractivity contribution in [2.24, 2.45) is 5.73 Å². The summed E-state index contributed by atoms with van der Waals surface area (Å²) in [7, 11) is 0. The largest absolute Gasteiger partial charge is 0.481 e. The summed E-state index contributed by atoms with van der Waals surface area (Å²) in [6.45, 7) is 1.14. The molecular weight excluding hydrogens is 395 g/mol. The molecule has 0 saturated heterocycles. The van der Waals surface area contributed by atoms with Crippen LogP contribution in [0.1, 0.15) is 34.7 Å². The number of aliphatic carboxylic acids is 1. The summed E-state index contributed by atoms with van der Waals surface area (Å²) in [4.78, 5) is 10.8. The Labute approximate surface area is 154 Å². The Hall–Kier alpha value is -2.62. The van der Waals surface area contributed by atoms with E-state index in [9.17, 15) is 35.5 Å². The topological polar surface area (TPSA) is 63.3 Å². The quantitative estimate of drug-likeness (QED) is 0.673. The lowest BCUT2D eigenvalue weighted by molar-refractivity contribution is -0.142. The minimum absolute atomic E-state index is 0.265. The first-order chi connectivity index (χ1) is 12.7. The van der Waals surface area contributed by atoms with Crippen LogP contribution in [0.25, 0.3) is 11.1 Å². The Morgan fingerprint density at radius 3 is 2.00 bits per heavy atom. The highest BCUT2D eigenvalue weighted by Crippen LogP contribution is 2.45. The fourth-order valence-electron chi connectivity index (χ4n) is 2.84. The van der Waals surface area contributed by atoms with Crippen molar-refractivity contribution < 1.29 is 40.6 Å². The molecule has 0 aliphatic rings. The number of halogens is 7. The van der Waals surface area contributed by atoms with Gasteiger partial charge in [-0.05, 0) is 42.3 Å². The molecule has 2 aromatic rings. The van der Waals surface area contributed by atoms with E-state index >= 15 is 0 Å². The first kappa shape index (κ1) is 21.7. The van der Waals surface area contributed by atoms with Crippen LogP contribution < -0.4 is 5.73 Å². The maximum atomic E-state index is 14.3. The molecular formula is C18H14F7NO2. The normalized spacial score (nSPS) is 13.5. The Bertz CT molecular complexity index is 872. The van der Waals surface area contributed by atoms with Crippen LogP contribution in [0.4, 0.5) is 30.7 Å². The van der Waals surface area contributed by atoms with Gasteiger partial charge in [-0.25, -0.2) is 4.39 Å². The lowest BCUT2D eigenvalue weighted by atomic mass is 9.89. The van der Waals surface area contributed by atoms with Crippen molar-refractivity contribution in [1.82, 2.24) is 0 Å². The third-order valence-electron chi connectivity index (χ3n) is 4.04. The minimum atomic E-state index is -5.11. The Morgan fingerprint density at radius 2 is 1.57 bits per heavy atom. The number of benzene rings is 2. The number of carbonyl (C=O) groups is 1. The highest BCUT2D eigenvalue weighted by Gasteiger charge is 2.41. The second kappa shape index (κ2) is 7.42. The molecule has 0 aliphatic carbocycles. The molecule has 0 amide bonds. The number of nitrogens with two attached hydrogens (primary N) is 1. The van der Waals surface area contributed by atoms with Crippen molar-refractivity contribution >= 4 is 5.97 Å². The maximum Gasteiger partial charge on any atom is 0.417 e. The number of carboxylic acids is 1. The lowest BCUT2D eigenvalue weighted by Gasteiger charge is -2.21. The fraction of sp³-hybridized carbons (Fsp3) is 0.278. The molecule has 0 spiro atoms. The van der Waals surface area contributed by atoms with Gasteiger partial charge in [-0.3, -0.25) is 4.79 Å². The molecule has 152 valence electrons. The summed E-state index contributed by atoms with van der Waals surface area (Å²) in [6.07, 6.45) is -11.0. The van der Waals surface area contributed by atoms with Gasteiger partial charge in [-0.2, -0.15) is 26.3 Å². The summed E-state index contributed by atoms with van der Waals surface area (Å²) in [5.41, 5.74) is 0.0140. The van der Waals surface area contributed by atoms with Gasteiger partial charge in [0.15, 0.2) is 0 Å². The van der Waals surface area contributed by atoms with Crippen molar-refractivity contribution in [2.45, 2.75) is 31.7 Å². The number of alkyl halides is 6. The van der Waals surface area contributed by atoms with Crippen LogP contribution in [0.5, 0.6) is 0 Å². The zero-order chi connectivity index (χ0) is 21.4. The summed E-state index contributed by atoms with van der Waals surface area (Å²) in [5.74, 6) is -2.39. The fourth-order valence-corrected chi connectivity index (χ4v) is 2.84. The second-order valence-corrected chi connectivity index (χ2v) is 6.12. The van der Waals surface area contributed by atoms with Gasteiger partial charge in [0.05, 0.1) is 17.5 Å². The van der Waals surface area contributed by atoms with E-state index in [-0.39, 0.29) is 5.56 Å². The maximum absolute atomic E-state index is 14.3. The molecule has 10 heteroatoms. The first-order valence-electron chi connectivity index (χ1n) is 7.78. The van der Waals surface area contributed by atoms with Gasteiger partial charge in [0, 0.05) is 17.2 Å². The van der Waals surface area contributed by atoms with E-state index in [2.05, 4.69) is 0 Å². The summed E-state index contributed by atoms with van der Waals surface area (Å²) in [5, 5.41) is 8.79. The van der Waals surface area contributed by atoms with Gasteiger partial charge in [-0.1, -0.05) is 6.07 Å². The molecule has 3 N–H and O–H groups in total. The molecule has 3 nitrogen and oxygen atoms in total. The Morgan fingerprint density at radius 1 is 1.07 bits per heavy atom. The zero-order valence-corrected chi connectivity index (χ0v) is 14.2. The third-order valence-corrected chi connectivity index (χ3v) is 4.04. The van der Waals surface area contributed by atoms with E-state index in [0.717, 1.165) is 19.1 Å². The SMILES string of the molecule is Cc1cc(-c2c(C(F)(F)F)cccc2C(F)(F)F)cc([C@@H](N)CC(=O)O)c1F. The number of rotatable bonds is 4. The van der Waals surface area contributed by atoms with Gasteiger partial charge >= 0.3 is 18.3 Å². The van der Waals surface area contributed by atoms with Gasteiger partial charge in [0.25, 0.3) is 0 Å². The van der Waals surface area contributed by atoms with Crippen LogP contribution in [0.3, 0.4) is 0 Å². The van der Waals surface area contributed by atoms with E-state index in [4.69, 9.17) is 10.8 Å². The van der Waals surface area contributed by atoms with Crippen molar-refractivity contribution in [1.29, 1.82) is 0 Å². The third kappa shape index (κ3) is 4.44. The molecule has 0 aromatic heterocycles. The Kier molecular flexibility index (Phi) is 5.74. The van der Waals surface area contributed by atoms with E-state index in [1.54, 1.807) is 0 Å². The predicted octanol–water partition coefficient (Wildman–Crippen LogP) is 5.31. The lowest BCUT2D eigenvalue weighted by Crippen LogP contribution is -2.18. The molecule has 2 aromatic carbocycles. The molecule has 0 aliphatic heterocycles. The minimum Gasteiger partial charge on any atom is -0.481 e. The molecule has 0 unspecified atom stereocenters. The molecule has 1 atom stereocenters. The van der Waals surface area contributed by atoms with E-state index in [0.29, 0.717) is 18.2 Å². The van der Waals surface area contributed by atoms with Gasteiger partial charge in [0.2, 0.25) is 0 Å². The number of carboxylic acid groups (broad SMARTS) is 1. The predicted molar refractivity (Wildman–Crippen MR) is 85.8 cm³/mol. The highest BCUT2D eigenvalue weighted by molar-refractivity contribution is 5.74. The molecule has 28 heavy (non-hydrogen) atoms. The van der Waals surface area contributed by atoms with Gasteiger partial charge in [0.1, 0.15) is 5.82 Å². The molecule has 2 rings (SSSR count). The van der Waals surface area contributed by atoms with Crippen LogP contribution in [0, 0.1) is 12.7 Å². The molecule has 0 fully saturated rings. The standard InChI is InChI=1S/C18H14F7NO2/c1-8-5-9(6-10(16(8)19)13(26)7-14(27)28)15-11(17(20,21)22)3-2-4-12(15)18(23,24)25/h2-6,13H,7,26H2,1H3,(H,27,28)/t13-/m0/s1. The van der Waals surface area contributed by atoms with Crippen LogP contribution in [0.2, 0.25) is 0 Å². The number of hydrogen-bond donors (Lipinski definition) is 2. The van der Waals surface area contributed by atoms with Crippen molar-refractivity contribution in [3.63, 3.8) is 0 Å². The van der Waals surface area contributed by atoms with Crippen molar-refractivity contribution in [3.05, 3.63) is 58.4 Å². The molecule has 0 heterocycles. The van der Waals surface area contributed by atoms with Crippen LogP contribution in [-0.4, -0.2) is 11.1 Å². The zero-order valence-electron chi connectivity index (χ0n) is 14.2. The van der Waals surface area contributed by atoms with Gasteiger partial charge in [-0.15, -0.1) is 0 Å². The smallest absolute Gasteiger partial charge is 0.417 e.